The predicted octanol–water partition coefficient (Wildman–Crippen LogP) is 3.94. The quantitative estimate of drug-likeness (QED) is 0.674. The second-order valence-electron chi connectivity index (χ2n) is 7.75. The van der Waals surface area contributed by atoms with E-state index in [4.69, 9.17) is 11.6 Å². The van der Waals surface area contributed by atoms with Crippen molar-refractivity contribution in [3.8, 4) is 18.0 Å². The van der Waals surface area contributed by atoms with Gasteiger partial charge in [0, 0.05) is 37.0 Å². The van der Waals surface area contributed by atoms with Crippen LogP contribution in [0.25, 0.3) is 0 Å². The number of hydrogen-bond acceptors (Lipinski definition) is 7. The first kappa shape index (κ1) is 21.2. The van der Waals surface area contributed by atoms with Gasteiger partial charge in [-0.15, -0.1) is 0 Å². The number of pyridine rings is 2. The maximum Gasteiger partial charge on any atom is 0.388 e. The lowest BCUT2D eigenvalue weighted by Gasteiger charge is -2.31. The van der Waals surface area contributed by atoms with E-state index in [1.807, 2.05) is 0 Å². The molecular weight excluding hydrogens is 426 g/mol. The highest BCUT2D eigenvalue weighted by atomic mass is 35.5. The standard InChI is InChI=1S/C21H19ClF2N6O/c1-12-13(2-3-17(27-12)31-20(23)24)9-30-7-4-14-16(10-30)15(8-25)18(22)28-19(14)29-21(11-26)5-6-21/h2-3,20H,4-7,9-10H2,1H3,(H,28,29). The summed E-state index contributed by atoms with van der Waals surface area (Å²) in [4.78, 5) is 10.6. The molecule has 2 aromatic rings. The third-order valence-electron chi connectivity index (χ3n) is 5.63. The number of aryl methyl sites for hydroxylation is 1. The van der Waals surface area contributed by atoms with Crippen molar-refractivity contribution in [2.75, 3.05) is 11.9 Å². The Kier molecular flexibility index (Phi) is 5.65. The van der Waals surface area contributed by atoms with E-state index in [1.165, 1.54) is 6.07 Å². The zero-order chi connectivity index (χ0) is 22.2. The van der Waals surface area contributed by atoms with Crippen molar-refractivity contribution in [2.24, 2.45) is 0 Å². The minimum Gasteiger partial charge on any atom is -0.417 e. The lowest BCUT2D eigenvalue weighted by molar-refractivity contribution is -0.0529. The van der Waals surface area contributed by atoms with E-state index >= 15 is 0 Å². The molecule has 3 heterocycles. The van der Waals surface area contributed by atoms with Crippen LogP contribution in [0.3, 0.4) is 0 Å². The van der Waals surface area contributed by atoms with Crippen LogP contribution >= 0.6 is 11.6 Å². The van der Waals surface area contributed by atoms with E-state index in [2.05, 4.69) is 37.1 Å². The van der Waals surface area contributed by atoms with Crippen LogP contribution in [0.4, 0.5) is 14.6 Å². The fourth-order valence-corrected chi connectivity index (χ4v) is 4.00. The maximum atomic E-state index is 12.4. The Morgan fingerprint density at radius 3 is 2.68 bits per heavy atom. The molecule has 0 bridgehead atoms. The van der Waals surface area contributed by atoms with Gasteiger partial charge in [-0.25, -0.2) is 9.97 Å². The van der Waals surface area contributed by atoms with E-state index in [0.717, 1.165) is 29.5 Å². The van der Waals surface area contributed by atoms with E-state index in [0.29, 0.717) is 43.1 Å². The molecule has 10 heteroatoms. The fraction of sp³-hybridized carbons (Fsp3) is 0.429. The number of nitriles is 2. The summed E-state index contributed by atoms with van der Waals surface area (Å²) in [7, 11) is 0. The van der Waals surface area contributed by atoms with Gasteiger partial charge in [0.1, 0.15) is 22.6 Å². The number of fused-ring (bicyclic) bond motifs is 1. The van der Waals surface area contributed by atoms with E-state index in [-0.39, 0.29) is 11.0 Å². The van der Waals surface area contributed by atoms with Crippen LogP contribution in [0.5, 0.6) is 5.88 Å². The lowest BCUT2D eigenvalue weighted by atomic mass is 9.96. The number of rotatable bonds is 6. The van der Waals surface area contributed by atoms with Crippen LogP contribution in [0.15, 0.2) is 12.1 Å². The van der Waals surface area contributed by atoms with Crippen molar-refractivity contribution in [3.63, 3.8) is 0 Å². The van der Waals surface area contributed by atoms with Gasteiger partial charge in [0.05, 0.1) is 11.6 Å². The highest BCUT2D eigenvalue weighted by molar-refractivity contribution is 6.30. The first-order chi connectivity index (χ1) is 14.8. The largest absolute Gasteiger partial charge is 0.417 e. The van der Waals surface area contributed by atoms with Gasteiger partial charge in [0.2, 0.25) is 5.88 Å². The van der Waals surface area contributed by atoms with Gasteiger partial charge < -0.3 is 10.1 Å². The Bertz CT molecular complexity index is 1110. The summed E-state index contributed by atoms with van der Waals surface area (Å²) in [6.07, 6.45) is 2.14. The topological polar surface area (TPSA) is 97.9 Å². The number of anilines is 1. The van der Waals surface area contributed by atoms with Gasteiger partial charge in [-0.05, 0) is 37.3 Å². The molecule has 1 fully saturated rings. The molecule has 1 N–H and O–H groups in total. The second kappa shape index (κ2) is 8.26. The monoisotopic (exact) mass is 444 g/mol. The van der Waals surface area contributed by atoms with Crippen molar-refractivity contribution in [2.45, 2.75) is 51.4 Å². The van der Waals surface area contributed by atoms with Gasteiger partial charge in [-0.2, -0.15) is 19.3 Å². The van der Waals surface area contributed by atoms with Crippen molar-refractivity contribution in [1.29, 1.82) is 10.5 Å². The SMILES string of the molecule is Cc1nc(OC(F)F)ccc1CN1CCc2c(NC3(C#N)CC3)nc(Cl)c(C#N)c2C1. The number of alkyl halides is 2. The Morgan fingerprint density at radius 1 is 1.29 bits per heavy atom. The summed E-state index contributed by atoms with van der Waals surface area (Å²) in [5.74, 6) is 0.455. The molecule has 1 aliphatic carbocycles. The van der Waals surface area contributed by atoms with Crippen molar-refractivity contribution in [3.05, 3.63) is 45.2 Å². The summed E-state index contributed by atoms with van der Waals surface area (Å²) in [6, 6.07) is 7.58. The Hall–Kier alpha value is -3.01. The average molecular weight is 445 g/mol. The number of nitrogens with zero attached hydrogens (tertiary/aromatic N) is 5. The Morgan fingerprint density at radius 2 is 2.06 bits per heavy atom. The first-order valence-corrected chi connectivity index (χ1v) is 10.2. The molecule has 0 aromatic carbocycles. The molecule has 0 unspecified atom stereocenters. The first-order valence-electron chi connectivity index (χ1n) is 9.78. The lowest BCUT2D eigenvalue weighted by Crippen LogP contribution is -2.33. The molecule has 4 rings (SSSR count). The molecule has 0 spiro atoms. The van der Waals surface area contributed by atoms with Crippen LogP contribution in [0.2, 0.25) is 5.15 Å². The number of ether oxygens (including phenoxy) is 1. The minimum atomic E-state index is -2.92. The van der Waals surface area contributed by atoms with E-state index in [9.17, 15) is 19.3 Å². The minimum absolute atomic E-state index is 0.116. The number of hydrogen-bond donors (Lipinski definition) is 1. The fourth-order valence-electron chi connectivity index (χ4n) is 3.76. The molecule has 1 saturated carbocycles. The van der Waals surface area contributed by atoms with Gasteiger partial charge in [-0.1, -0.05) is 17.7 Å². The van der Waals surface area contributed by atoms with Crippen LogP contribution in [0.1, 0.15) is 40.8 Å². The van der Waals surface area contributed by atoms with Crippen molar-refractivity contribution < 1.29 is 13.5 Å². The second-order valence-corrected chi connectivity index (χ2v) is 8.11. The molecule has 0 radical (unpaired) electrons. The maximum absolute atomic E-state index is 12.4. The third kappa shape index (κ3) is 4.39. The van der Waals surface area contributed by atoms with Crippen LogP contribution in [0, 0.1) is 29.6 Å². The number of aromatic nitrogens is 2. The summed E-state index contributed by atoms with van der Waals surface area (Å²) < 4.78 is 29.1. The molecule has 0 amide bonds. The van der Waals surface area contributed by atoms with Crippen LogP contribution < -0.4 is 10.1 Å². The van der Waals surface area contributed by atoms with Crippen LogP contribution in [-0.2, 0) is 19.5 Å². The zero-order valence-electron chi connectivity index (χ0n) is 16.8. The molecule has 1 aliphatic heterocycles. The van der Waals surface area contributed by atoms with Gasteiger partial charge in [0.25, 0.3) is 0 Å². The molecule has 31 heavy (non-hydrogen) atoms. The van der Waals surface area contributed by atoms with Crippen molar-refractivity contribution >= 4 is 17.4 Å². The highest BCUT2D eigenvalue weighted by Gasteiger charge is 2.44. The van der Waals surface area contributed by atoms with Crippen molar-refractivity contribution in [1.82, 2.24) is 14.9 Å². The van der Waals surface area contributed by atoms with Crippen LogP contribution in [-0.4, -0.2) is 33.6 Å². The van der Waals surface area contributed by atoms with Gasteiger partial charge >= 0.3 is 6.61 Å². The summed E-state index contributed by atoms with van der Waals surface area (Å²) >= 11 is 6.29. The molecule has 2 aromatic heterocycles. The summed E-state index contributed by atoms with van der Waals surface area (Å²) in [6.45, 7) is 0.528. The molecule has 160 valence electrons. The van der Waals surface area contributed by atoms with E-state index in [1.54, 1.807) is 13.0 Å². The predicted molar refractivity (Wildman–Crippen MR) is 109 cm³/mol. The third-order valence-corrected chi connectivity index (χ3v) is 5.91. The summed E-state index contributed by atoms with van der Waals surface area (Å²) in [5.41, 5.74) is 2.93. The zero-order valence-corrected chi connectivity index (χ0v) is 17.5. The average Bonchev–Trinajstić information content (AvgIpc) is 3.50. The van der Waals surface area contributed by atoms with Gasteiger partial charge in [-0.3, -0.25) is 4.90 Å². The van der Waals surface area contributed by atoms with Gasteiger partial charge in [0.15, 0.2) is 0 Å². The Balaban J connectivity index is 1.58. The highest BCUT2D eigenvalue weighted by Crippen LogP contribution is 2.41. The number of halogens is 3. The molecular formula is C21H19ClF2N6O. The number of nitrogens with one attached hydrogen (secondary N) is 1. The normalized spacial score (nSPS) is 16.9. The molecule has 2 aliphatic rings. The Labute approximate surface area is 183 Å². The molecule has 0 atom stereocenters. The smallest absolute Gasteiger partial charge is 0.388 e. The summed E-state index contributed by atoms with van der Waals surface area (Å²) in [5, 5.41) is 22.4. The van der Waals surface area contributed by atoms with E-state index < -0.39 is 12.2 Å². The molecule has 7 nitrogen and oxygen atoms in total. The molecule has 0 saturated heterocycles.